The molecule has 1 aliphatic heterocycles. The molecule has 8 heteroatoms. The van der Waals surface area contributed by atoms with Gasteiger partial charge in [-0.1, -0.05) is 6.08 Å². The number of carbonyl (C=O) groups excluding carboxylic acids is 1. The molecule has 5 heterocycles. The number of rotatable bonds is 3. The summed E-state index contributed by atoms with van der Waals surface area (Å²) in [6.45, 7) is 6.80. The van der Waals surface area contributed by atoms with Gasteiger partial charge in [-0.25, -0.2) is 14.8 Å². The van der Waals surface area contributed by atoms with Crippen LogP contribution >= 0.6 is 0 Å². The van der Waals surface area contributed by atoms with Gasteiger partial charge >= 0.3 is 6.09 Å². The number of carbonyl (C=O) groups is 1. The number of pyridine rings is 2. The molecule has 0 aromatic carbocycles. The Morgan fingerprint density at radius 2 is 2.12 bits per heavy atom. The van der Waals surface area contributed by atoms with Crippen molar-refractivity contribution < 1.29 is 9.53 Å². The SMILES string of the molecule is CC(C)(C)OC(=O)N1CC=C(c2cc3c(Nc4ccc5cncn5c4)ccnc3[nH]2)CC1. The molecule has 32 heavy (non-hydrogen) atoms. The van der Waals surface area contributed by atoms with Crippen LogP contribution in [-0.4, -0.2) is 49.0 Å². The molecule has 0 fully saturated rings. The average Bonchev–Trinajstić information content (AvgIpc) is 3.40. The molecule has 2 N–H and O–H groups in total. The Kier molecular flexibility index (Phi) is 4.84. The highest BCUT2D eigenvalue weighted by Gasteiger charge is 2.24. The molecular weight excluding hydrogens is 404 g/mol. The summed E-state index contributed by atoms with van der Waals surface area (Å²) in [5, 5.41) is 4.51. The van der Waals surface area contributed by atoms with Crippen LogP contribution in [-0.2, 0) is 4.74 Å². The van der Waals surface area contributed by atoms with Gasteiger partial charge in [-0.3, -0.25) is 0 Å². The summed E-state index contributed by atoms with van der Waals surface area (Å²) >= 11 is 0. The number of nitrogens with one attached hydrogen (secondary N) is 2. The second-order valence-corrected chi connectivity index (χ2v) is 8.98. The molecular formula is C24H26N6O2. The van der Waals surface area contributed by atoms with Crippen molar-refractivity contribution in [1.82, 2.24) is 24.3 Å². The van der Waals surface area contributed by atoms with E-state index in [1.165, 1.54) is 5.57 Å². The first-order valence-electron chi connectivity index (χ1n) is 10.7. The first-order chi connectivity index (χ1) is 15.4. The number of imidazole rings is 1. The molecule has 0 bridgehead atoms. The number of fused-ring (bicyclic) bond motifs is 2. The lowest BCUT2D eigenvalue weighted by Gasteiger charge is -2.29. The number of H-pyrrole nitrogens is 1. The zero-order valence-electron chi connectivity index (χ0n) is 18.4. The maximum absolute atomic E-state index is 12.3. The van der Waals surface area contributed by atoms with Crippen molar-refractivity contribution in [3.8, 4) is 0 Å². The summed E-state index contributed by atoms with van der Waals surface area (Å²) in [6.07, 6.45) is 9.98. The molecule has 164 valence electrons. The van der Waals surface area contributed by atoms with E-state index in [1.54, 1.807) is 17.4 Å². The predicted molar refractivity (Wildman–Crippen MR) is 125 cm³/mol. The Morgan fingerprint density at radius 3 is 2.91 bits per heavy atom. The zero-order valence-corrected chi connectivity index (χ0v) is 18.4. The number of aromatic amines is 1. The summed E-state index contributed by atoms with van der Waals surface area (Å²) in [5.74, 6) is 0. The van der Waals surface area contributed by atoms with Gasteiger partial charge in [0, 0.05) is 36.6 Å². The van der Waals surface area contributed by atoms with E-state index in [0.717, 1.165) is 40.0 Å². The third-order valence-corrected chi connectivity index (χ3v) is 5.43. The summed E-state index contributed by atoms with van der Waals surface area (Å²) in [4.78, 5) is 26.2. The van der Waals surface area contributed by atoms with Crippen LogP contribution in [0.15, 0.2) is 55.3 Å². The first kappa shape index (κ1) is 20.1. The Labute approximate surface area is 185 Å². The zero-order chi connectivity index (χ0) is 22.3. The van der Waals surface area contributed by atoms with E-state index >= 15 is 0 Å². The normalized spacial score (nSPS) is 14.6. The molecule has 1 aliphatic rings. The van der Waals surface area contributed by atoms with Crippen molar-refractivity contribution in [2.24, 2.45) is 0 Å². The van der Waals surface area contributed by atoms with Gasteiger partial charge in [-0.2, -0.15) is 0 Å². The maximum Gasteiger partial charge on any atom is 0.410 e. The lowest BCUT2D eigenvalue weighted by molar-refractivity contribution is 0.0270. The van der Waals surface area contributed by atoms with Crippen molar-refractivity contribution in [2.75, 3.05) is 18.4 Å². The van der Waals surface area contributed by atoms with Crippen molar-refractivity contribution in [3.05, 3.63) is 61.0 Å². The predicted octanol–water partition coefficient (Wildman–Crippen LogP) is 4.98. The number of nitrogens with zero attached hydrogens (tertiary/aromatic N) is 4. The van der Waals surface area contributed by atoms with Gasteiger partial charge in [0.1, 0.15) is 11.2 Å². The average molecular weight is 431 g/mol. The number of hydrogen-bond acceptors (Lipinski definition) is 5. The van der Waals surface area contributed by atoms with Crippen LogP contribution in [0.5, 0.6) is 0 Å². The second-order valence-electron chi connectivity index (χ2n) is 8.98. The highest BCUT2D eigenvalue weighted by Crippen LogP contribution is 2.30. The van der Waals surface area contributed by atoms with E-state index in [1.807, 2.05) is 55.8 Å². The fraction of sp³-hybridized carbons (Fsp3) is 0.292. The molecule has 1 amide bonds. The molecule has 0 atom stereocenters. The van der Waals surface area contributed by atoms with Gasteiger partial charge in [0.15, 0.2) is 0 Å². The molecule has 0 aliphatic carbocycles. The summed E-state index contributed by atoms with van der Waals surface area (Å²) < 4.78 is 7.46. The van der Waals surface area contributed by atoms with Gasteiger partial charge in [-0.05, 0) is 57.0 Å². The number of ether oxygens (including phenoxy) is 1. The third kappa shape index (κ3) is 4.03. The molecule has 0 radical (unpaired) electrons. The van der Waals surface area contributed by atoms with Crippen LogP contribution in [0.3, 0.4) is 0 Å². The minimum absolute atomic E-state index is 0.271. The molecule has 0 spiro atoms. The lowest BCUT2D eigenvalue weighted by atomic mass is 10.0. The van der Waals surface area contributed by atoms with Crippen LogP contribution in [0.4, 0.5) is 16.2 Å². The smallest absolute Gasteiger partial charge is 0.410 e. The van der Waals surface area contributed by atoms with E-state index < -0.39 is 5.60 Å². The summed E-state index contributed by atoms with van der Waals surface area (Å²) in [6, 6.07) is 8.15. The maximum atomic E-state index is 12.3. The van der Waals surface area contributed by atoms with Crippen LogP contribution in [0.25, 0.3) is 22.1 Å². The van der Waals surface area contributed by atoms with Gasteiger partial charge in [0.2, 0.25) is 0 Å². The number of aromatic nitrogens is 4. The minimum Gasteiger partial charge on any atom is -0.444 e. The lowest BCUT2D eigenvalue weighted by Crippen LogP contribution is -2.39. The monoisotopic (exact) mass is 430 g/mol. The topological polar surface area (TPSA) is 87.6 Å². The highest BCUT2D eigenvalue weighted by atomic mass is 16.6. The largest absolute Gasteiger partial charge is 0.444 e. The molecule has 0 saturated carbocycles. The Balaban J connectivity index is 1.37. The fourth-order valence-electron chi connectivity index (χ4n) is 3.86. The number of amides is 1. The van der Waals surface area contributed by atoms with Crippen molar-refractivity contribution in [2.45, 2.75) is 32.8 Å². The van der Waals surface area contributed by atoms with Crippen molar-refractivity contribution in [3.63, 3.8) is 0 Å². The molecule has 8 nitrogen and oxygen atoms in total. The Hall–Kier alpha value is -3.81. The van der Waals surface area contributed by atoms with Crippen molar-refractivity contribution in [1.29, 1.82) is 0 Å². The molecule has 4 aromatic rings. The summed E-state index contributed by atoms with van der Waals surface area (Å²) in [7, 11) is 0. The van der Waals surface area contributed by atoms with Gasteiger partial charge in [0.05, 0.1) is 29.4 Å². The van der Waals surface area contributed by atoms with Gasteiger partial charge in [0.25, 0.3) is 0 Å². The van der Waals surface area contributed by atoms with E-state index in [9.17, 15) is 4.79 Å². The minimum atomic E-state index is -0.490. The number of hydrogen-bond donors (Lipinski definition) is 2. The van der Waals surface area contributed by atoms with Crippen LogP contribution in [0.1, 0.15) is 32.9 Å². The molecule has 5 rings (SSSR count). The third-order valence-electron chi connectivity index (χ3n) is 5.43. The number of anilines is 2. The Morgan fingerprint density at radius 1 is 1.25 bits per heavy atom. The first-order valence-corrected chi connectivity index (χ1v) is 10.7. The molecule has 0 saturated heterocycles. The van der Waals surface area contributed by atoms with Gasteiger partial charge < -0.3 is 24.3 Å². The second kappa shape index (κ2) is 7.71. The quantitative estimate of drug-likeness (QED) is 0.479. The Bertz CT molecular complexity index is 1330. The van der Waals surface area contributed by atoms with Crippen LogP contribution in [0.2, 0.25) is 0 Å². The van der Waals surface area contributed by atoms with E-state index in [2.05, 4.69) is 32.4 Å². The highest BCUT2D eigenvalue weighted by molar-refractivity contribution is 5.94. The van der Waals surface area contributed by atoms with E-state index in [0.29, 0.717) is 13.1 Å². The summed E-state index contributed by atoms with van der Waals surface area (Å²) in [5.41, 5.74) is 5.52. The van der Waals surface area contributed by atoms with Gasteiger partial charge in [-0.15, -0.1) is 0 Å². The van der Waals surface area contributed by atoms with Crippen LogP contribution in [0, 0.1) is 0 Å². The van der Waals surface area contributed by atoms with Crippen molar-refractivity contribution >= 4 is 39.6 Å². The van der Waals surface area contributed by atoms with Crippen LogP contribution < -0.4 is 5.32 Å². The van der Waals surface area contributed by atoms with E-state index in [-0.39, 0.29) is 6.09 Å². The fourth-order valence-corrected chi connectivity index (χ4v) is 3.86. The molecule has 4 aromatic heterocycles. The van der Waals surface area contributed by atoms with E-state index in [4.69, 9.17) is 4.74 Å². The standard InChI is InChI=1S/C24H26N6O2/c1-24(2,3)32-23(31)29-10-7-16(8-11-29)21-12-19-20(6-9-26-22(19)28-21)27-17-4-5-18-13-25-15-30(18)14-17/h4-7,9,12-15H,8,10-11H2,1-3H3,(H2,26,27,28). The molecule has 0 unspecified atom stereocenters.